The summed E-state index contributed by atoms with van der Waals surface area (Å²) in [5.41, 5.74) is 0.343. The Morgan fingerprint density at radius 1 is 1.17 bits per heavy atom. The van der Waals surface area contributed by atoms with E-state index in [1.165, 1.54) is 45.1 Å². The van der Waals surface area contributed by atoms with E-state index in [1.807, 2.05) is 0 Å². The fourth-order valence-corrected chi connectivity index (χ4v) is 3.81. The van der Waals surface area contributed by atoms with E-state index in [-0.39, 0.29) is 0 Å². The maximum absolute atomic E-state index is 3.77. The van der Waals surface area contributed by atoms with Gasteiger partial charge in [0, 0.05) is 30.7 Å². The molecular formula is C16H32N2. The van der Waals surface area contributed by atoms with Gasteiger partial charge in [-0.1, -0.05) is 33.1 Å². The number of hydrogen-bond acceptors (Lipinski definition) is 2. The molecule has 1 unspecified atom stereocenters. The highest BCUT2D eigenvalue weighted by Crippen LogP contribution is 2.30. The Hall–Kier alpha value is -0.0800. The van der Waals surface area contributed by atoms with E-state index >= 15 is 0 Å². The second kappa shape index (κ2) is 5.92. The smallest absolute Gasteiger partial charge is 0.0281 e. The van der Waals surface area contributed by atoms with Crippen LogP contribution in [0.4, 0.5) is 0 Å². The lowest BCUT2D eigenvalue weighted by Crippen LogP contribution is -2.65. The minimum atomic E-state index is 0.343. The summed E-state index contributed by atoms with van der Waals surface area (Å²) in [6.07, 6.45) is 8.52. The lowest BCUT2D eigenvalue weighted by atomic mass is 9.86. The molecule has 0 spiro atoms. The van der Waals surface area contributed by atoms with Crippen LogP contribution in [0.5, 0.6) is 0 Å². The van der Waals surface area contributed by atoms with E-state index in [2.05, 4.69) is 37.9 Å². The molecule has 0 radical (unpaired) electrons. The zero-order valence-corrected chi connectivity index (χ0v) is 12.8. The van der Waals surface area contributed by atoms with Gasteiger partial charge < -0.3 is 5.32 Å². The van der Waals surface area contributed by atoms with Crippen molar-refractivity contribution in [2.45, 2.75) is 83.8 Å². The minimum absolute atomic E-state index is 0.343. The minimum Gasteiger partial charge on any atom is -0.311 e. The van der Waals surface area contributed by atoms with Crippen molar-refractivity contribution in [2.24, 2.45) is 5.92 Å². The first-order valence-electron chi connectivity index (χ1n) is 7.99. The van der Waals surface area contributed by atoms with Crippen molar-refractivity contribution in [1.82, 2.24) is 10.2 Å². The second-order valence-electron chi connectivity index (χ2n) is 7.46. The number of piperazine rings is 1. The summed E-state index contributed by atoms with van der Waals surface area (Å²) in [4.78, 5) is 2.83. The number of nitrogens with zero attached hydrogens (tertiary/aromatic N) is 1. The predicted octanol–water partition coefficient (Wildman–Crippen LogP) is 3.42. The molecule has 0 aromatic carbocycles. The molecule has 2 fully saturated rings. The van der Waals surface area contributed by atoms with Gasteiger partial charge in [-0.3, -0.25) is 4.90 Å². The summed E-state index contributed by atoms with van der Waals surface area (Å²) in [6.45, 7) is 11.9. The maximum atomic E-state index is 3.77. The summed E-state index contributed by atoms with van der Waals surface area (Å²) in [5.74, 6) is 0.803. The van der Waals surface area contributed by atoms with Crippen LogP contribution in [0.3, 0.4) is 0 Å². The van der Waals surface area contributed by atoms with E-state index in [4.69, 9.17) is 0 Å². The fourth-order valence-electron chi connectivity index (χ4n) is 3.81. The summed E-state index contributed by atoms with van der Waals surface area (Å²) >= 11 is 0. The first kappa shape index (κ1) is 14.3. The van der Waals surface area contributed by atoms with Crippen LogP contribution in [0, 0.1) is 5.92 Å². The van der Waals surface area contributed by atoms with Crippen LogP contribution >= 0.6 is 0 Å². The summed E-state index contributed by atoms with van der Waals surface area (Å²) in [6, 6.07) is 1.56. The van der Waals surface area contributed by atoms with Crippen LogP contribution in [0.1, 0.15) is 66.2 Å². The fraction of sp³-hybridized carbons (Fsp3) is 1.00. The average Bonchev–Trinajstić information content (AvgIpc) is 2.32. The third-order valence-electron chi connectivity index (χ3n) is 4.79. The molecule has 18 heavy (non-hydrogen) atoms. The van der Waals surface area contributed by atoms with Crippen LogP contribution < -0.4 is 5.32 Å². The predicted molar refractivity (Wildman–Crippen MR) is 78.9 cm³/mol. The van der Waals surface area contributed by atoms with Crippen molar-refractivity contribution in [3.63, 3.8) is 0 Å². The van der Waals surface area contributed by atoms with Crippen LogP contribution in [0.25, 0.3) is 0 Å². The Morgan fingerprint density at radius 2 is 1.83 bits per heavy atom. The Bertz CT molecular complexity index is 254. The van der Waals surface area contributed by atoms with Gasteiger partial charge in [-0.15, -0.1) is 0 Å². The SMILES string of the molecule is CC(C)CC1CN(C2CCCCC2)C(C)(C)CN1. The van der Waals surface area contributed by atoms with E-state index < -0.39 is 0 Å². The quantitative estimate of drug-likeness (QED) is 0.828. The lowest BCUT2D eigenvalue weighted by Gasteiger charge is -2.51. The molecule has 0 aromatic rings. The second-order valence-corrected chi connectivity index (χ2v) is 7.46. The molecule has 0 amide bonds. The number of nitrogens with one attached hydrogen (secondary N) is 1. The molecule has 1 atom stereocenters. The van der Waals surface area contributed by atoms with Crippen molar-refractivity contribution in [3.8, 4) is 0 Å². The van der Waals surface area contributed by atoms with Gasteiger partial charge in [0.25, 0.3) is 0 Å². The van der Waals surface area contributed by atoms with Gasteiger partial charge >= 0.3 is 0 Å². The van der Waals surface area contributed by atoms with E-state index in [0.29, 0.717) is 11.6 Å². The van der Waals surface area contributed by atoms with Gasteiger partial charge in [0.05, 0.1) is 0 Å². The molecule has 2 heteroatoms. The van der Waals surface area contributed by atoms with E-state index in [1.54, 1.807) is 0 Å². The van der Waals surface area contributed by atoms with Gasteiger partial charge in [0.2, 0.25) is 0 Å². The monoisotopic (exact) mass is 252 g/mol. The maximum Gasteiger partial charge on any atom is 0.0281 e. The molecule has 2 rings (SSSR count). The molecule has 1 aliphatic carbocycles. The van der Waals surface area contributed by atoms with Crippen molar-refractivity contribution in [2.75, 3.05) is 13.1 Å². The first-order chi connectivity index (χ1) is 8.49. The summed E-state index contributed by atoms with van der Waals surface area (Å²) in [5, 5.41) is 3.77. The van der Waals surface area contributed by atoms with Crippen LogP contribution in [0.2, 0.25) is 0 Å². The number of hydrogen-bond donors (Lipinski definition) is 1. The van der Waals surface area contributed by atoms with Crippen LogP contribution in [0.15, 0.2) is 0 Å². The van der Waals surface area contributed by atoms with Gasteiger partial charge in [-0.05, 0) is 39.0 Å². The number of rotatable bonds is 3. The highest BCUT2D eigenvalue weighted by atomic mass is 15.3. The molecule has 0 aromatic heterocycles. The average molecular weight is 252 g/mol. The molecule has 0 bridgehead atoms. The molecular weight excluding hydrogens is 220 g/mol. The zero-order chi connectivity index (χ0) is 13.2. The molecule has 106 valence electrons. The van der Waals surface area contributed by atoms with E-state index in [0.717, 1.165) is 18.5 Å². The first-order valence-corrected chi connectivity index (χ1v) is 7.99. The molecule has 1 heterocycles. The molecule has 1 aliphatic heterocycles. The molecule has 1 saturated heterocycles. The van der Waals surface area contributed by atoms with Gasteiger partial charge in [0.15, 0.2) is 0 Å². The van der Waals surface area contributed by atoms with Crippen molar-refractivity contribution in [3.05, 3.63) is 0 Å². The Labute approximate surface area is 114 Å². The Morgan fingerprint density at radius 3 is 2.44 bits per heavy atom. The lowest BCUT2D eigenvalue weighted by molar-refractivity contribution is 0.00726. The Kier molecular flexibility index (Phi) is 4.71. The topological polar surface area (TPSA) is 15.3 Å². The highest BCUT2D eigenvalue weighted by molar-refractivity contribution is 4.96. The summed E-state index contributed by atoms with van der Waals surface area (Å²) in [7, 11) is 0. The Balaban J connectivity index is 1.98. The van der Waals surface area contributed by atoms with Gasteiger partial charge in [-0.25, -0.2) is 0 Å². The largest absolute Gasteiger partial charge is 0.311 e. The van der Waals surface area contributed by atoms with Crippen LogP contribution in [-0.4, -0.2) is 35.6 Å². The van der Waals surface area contributed by atoms with Crippen molar-refractivity contribution in [1.29, 1.82) is 0 Å². The van der Waals surface area contributed by atoms with Crippen LogP contribution in [-0.2, 0) is 0 Å². The van der Waals surface area contributed by atoms with Gasteiger partial charge in [0.1, 0.15) is 0 Å². The normalized spacial score (nSPS) is 30.8. The zero-order valence-electron chi connectivity index (χ0n) is 12.8. The molecule has 1 saturated carbocycles. The van der Waals surface area contributed by atoms with Gasteiger partial charge in [-0.2, -0.15) is 0 Å². The third kappa shape index (κ3) is 3.48. The van der Waals surface area contributed by atoms with E-state index in [9.17, 15) is 0 Å². The van der Waals surface area contributed by atoms with Crippen molar-refractivity contribution >= 4 is 0 Å². The summed E-state index contributed by atoms with van der Waals surface area (Å²) < 4.78 is 0. The molecule has 2 aliphatic rings. The highest BCUT2D eigenvalue weighted by Gasteiger charge is 2.38. The molecule has 2 nitrogen and oxygen atoms in total. The molecule has 1 N–H and O–H groups in total. The van der Waals surface area contributed by atoms with Crippen molar-refractivity contribution < 1.29 is 0 Å². The standard InChI is InChI=1S/C16H32N2/c1-13(2)10-14-11-18(16(3,4)12-17-14)15-8-6-5-7-9-15/h13-15,17H,5-12H2,1-4H3. The third-order valence-corrected chi connectivity index (χ3v) is 4.79.